The predicted molar refractivity (Wildman–Crippen MR) is 88.0 cm³/mol. The van der Waals surface area contributed by atoms with E-state index in [-0.39, 0.29) is 0 Å². The smallest absolute Gasteiger partial charge is 0.123 e. The molecule has 0 saturated heterocycles. The van der Waals surface area contributed by atoms with Crippen molar-refractivity contribution in [1.82, 2.24) is 20.1 Å². The predicted octanol–water partition coefficient (Wildman–Crippen LogP) is 2.81. The summed E-state index contributed by atoms with van der Waals surface area (Å²) in [7, 11) is 1.68. The van der Waals surface area contributed by atoms with Gasteiger partial charge < -0.3 is 10.1 Å². The number of hydrogen-bond acceptors (Lipinski definition) is 5. The van der Waals surface area contributed by atoms with Crippen LogP contribution in [0, 0.1) is 0 Å². The second-order valence-electron chi connectivity index (χ2n) is 4.82. The Balaban J connectivity index is 1.54. The number of thiazole rings is 1. The number of ether oxygens (including phenoxy) is 1. The van der Waals surface area contributed by atoms with E-state index in [0.29, 0.717) is 0 Å². The maximum Gasteiger partial charge on any atom is 0.123 e. The van der Waals surface area contributed by atoms with Crippen LogP contribution in [0.1, 0.15) is 5.69 Å². The van der Waals surface area contributed by atoms with E-state index in [1.54, 1.807) is 24.6 Å². The van der Waals surface area contributed by atoms with Crippen LogP contribution in [0.2, 0.25) is 0 Å². The molecule has 3 aromatic rings. The highest BCUT2D eigenvalue weighted by molar-refractivity contribution is 7.13. The van der Waals surface area contributed by atoms with Crippen molar-refractivity contribution in [2.24, 2.45) is 0 Å². The van der Waals surface area contributed by atoms with Crippen LogP contribution in [0.25, 0.3) is 10.6 Å². The lowest BCUT2D eigenvalue weighted by molar-refractivity contribution is 0.415. The van der Waals surface area contributed by atoms with E-state index in [2.05, 4.69) is 26.8 Å². The number of benzene rings is 1. The average Bonchev–Trinajstić information content (AvgIpc) is 3.23. The molecule has 0 radical (unpaired) electrons. The summed E-state index contributed by atoms with van der Waals surface area (Å²) < 4.78 is 7.17. The Hall–Kier alpha value is -2.18. The van der Waals surface area contributed by atoms with Gasteiger partial charge in [0, 0.05) is 36.4 Å². The van der Waals surface area contributed by atoms with Gasteiger partial charge in [-0.15, -0.1) is 11.3 Å². The van der Waals surface area contributed by atoms with E-state index in [0.717, 1.165) is 41.6 Å². The number of rotatable bonds is 7. The molecule has 2 heterocycles. The second-order valence-corrected chi connectivity index (χ2v) is 5.68. The van der Waals surface area contributed by atoms with Gasteiger partial charge in [-0.05, 0) is 18.2 Å². The van der Waals surface area contributed by atoms with Gasteiger partial charge in [-0.3, -0.25) is 4.68 Å². The van der Waals surface area contributed by atoms with Gasteiger partial charge in [-0.1, -0.05) is 12.1 Å². The lowest BCUT2D eigenvalue weighted by atomic mass is 10.2. The first-order valence-electron chi connectivity index (χ1n) is 7.12. The molecule has 0 unspecified atom stereocenters. The molecular formula is C16H18N4OS. The van der Waals surface area contributed by atoms with Crippen molar-refractivity contribution < 1.29 is 4.74 Å². The number of methoxy groups -OCH3 is 1. The molecule has 6 heteroatoms. The van der Waals surface area contributed by atoms with Crippen molar-refractivity contribution >= 4 is 11.3 Å². The lowest BCUT2D eigenvalue weighted by Gasteiger charge is -2.03. The largest absolute Gasteiger partial charge is 0.497 e. The molecule has 0 saturated carbocycles. The van der Waals surface area contributed by atoms with E-state index in [9.17, 15) is 0 Å². The zero-order chi connectivity index (χ0) is 15.2. The number of nitrogens with zero attached hydrogens (tertiary/aromatic N) is 3. The SMILES string of the molecule is COc1cccc(-c2nc(CNCCn3cccn3)cs2)c1. The van der Waals surface area contributed by atoms with E-state index < -0.39 is 0 Å². The minimum Gasteiger partial charge on any atom is -0.497 e. The summed E-state index contributed by atoms with van der Waals surface area (Å²) in [6, 6.07) is 9.91. The molecule has 2 aromatic heterocycles. The Kier molecular flexibility index (Phi) is 4.82. The van der Waals surface area contributed by atoms with Crippen LogP contribution in [0.5, 0.6) is 5.75 Å². The van der Waals surface area contributed by atoms with Crippen molar-refractivity contribution in [3.63, 3.8) is 0 Å². The minimum absolute atomic E-state index is 0.766. The molecule has 0 aliphatic carbocycles. The Bertz CT molecular complexity index is 709. The molecule has 22 heavy (non-hydrogen) atoms. The summed E-state index contributed by atoms with van der Waals surface area (Å²) in [6.07, 6.45) is 3.76. The van der Waals surface area contributed by atoms with Crippen molar-refractivity contribution in [1.29, 1.82) is 0 Å². The Labute approximate surface area is 133 Å². The maximum atomic E-state index is 5.25. The highest BCUT2D eigenvalue weighted by Gasteiger charge is 2.05. The van der Waals surface area contributed by atoms with E-state index in [1.165, 1.54) is 0 Å². The van der Waals surface area contributed by atoms with E-state index >= 15 is 0 Å². The van der Waals surface area contributed by atoms with Crippen molar-refractivity contribution in [3.05, 3.63) is 53.8 Å². The molecule has 0 fully saturated rings. The minimum atomic E-state index is 0.766. The van der Waals surface area contributed by atoms with Crippen LogP contribution < -0.4 is 10.1 Å². The average molecular weight is 314 g/mol. The molecule has 5 nitrogen and oxygen atoms in total. The van der Waals surface area contributed by atoms with Gasteiger partial charge in [-0.25, -0.2) is 4.98 Å². The number of nitrogens with one attached hydrogen (secondary N) is 1. The van der Waals surface area contributed by atoms with E-state index in [1.807, 2.05) is 35.1 Å². The van der Waals surface area contributed by atoms with Gasteiger partial charge in [0.15, 0.2) is 0 Å². The van der Waals surface area contributed by atoms with Gasteiger partial charge in [0.1, 0.15) is 10.8 Å². The summed E-state index contributed by atoms with van der Waals surface area (Å²) in [4.78, 5) is 4.67. The highest BCUT2D eigenvalue weighted by Crippen LogP contribution is 2.26. The maximum absolute atomic E-state index is 5.25. The summed E-state index contributed by atoms with van der Waals surface area (Å²) in [5.41, 5.74) is 2.15. The summed E-state index contributed by atoms with van der Waals surface area (Å²) in [5, 5.41) is 10.7. The van der Waals surface area contributed by atoms with Gasteiger partial charge in [0.2, 0.25) is 0 Å². The van der Waals surface area contributed by atoms with Crippen molar-refractivity contribution in [2.75, 3.05) is 13.7 Å². The molecule has 0 aliphatic heterocycles. The van der Waals surface area contributed by atoms with Crippen LogP contribution in [-0.4, -0.2) is 28.4 Å². The van der Waals surface area contributed by atoms with Crippen LogP contribution in [0.15, 0.2) is 48.1 Å². The zero-order valence-electron chi connectivity index (χ0n) is 12.4. The monoisotopic (exact) mass is 314 g/mol. The summed E-state index contributed by atoms with van der Waals surface area (Å²) >= 11 is 1.65. The zero-order valence-corrected chi connectivity index (χ0v) is 13.2. The van der Waals surface area contributed by atoms with Crippen molar-refractivity contribution in [2.45, 2.75) is 13.1 Å². The highest BCUT2D eigenvalue weighted by atomic mass is 32.1. The quantitative estimate of drug-likeness (QED) is 0.681. The summed E-state index contributed by atoms with van der Waals surface area (Å²) in [6.45, 7) is 2.50. The standard InChI is InChI=1S/C16H18N4OS/c1-21-15-5-2-4-13(10-15)16-19-14(12-22-16)11-17-7-9-20-8-3-6-18-20/h2-6,8,10,12,17H,7,9,11H2,1H3. The first-order chi connectivity index (χ1) is 10.8. The van der Waals surface area contributed by atoms with Crippen LogP contribution in [0.4, 0.5) is 0 Å². The number of aromatic nitrogens is 3. The Morgan fingerprint density at radius 2 is 2.27 bits per heavy atom. The first-order valence-corrected chi connectivity index (χ1v) is 8.00. The molecule has 0 bridgehead atoms. The van der Waals surface area contributed by atoms with Crippen LogP contribution in [0.3, 0.4) is 0 Å². The molecule has 1 aromatic carbocycles. The van der Waals surface area contributed by atoms with Crippen molar-refractivity contribution in [3.8, 4) is 16.3 Å². The molecule has 0 atom stereocenters. The molecule has 114 valence electrons. The molecular weight excluding hydrogens is 296 g/mol. The lowest BCUT2D eigenvalue weighted by Crippen LogP contribution is -2.19. The topological polar surface area (TPSA) is 52.0 Å². The molecule has 0 spiro atoms. The Morgan fingerprint density at radius 1 is 1.32 bits per heavy atom. The third kappa shape index (κ3) is 3.72. The summed E-state index contributed by atoms with van der Waals surface area (Å²) in [5.74, 6) is 0.853. The number of hydrogen-bond donors (Lipinski definition) is 1. The van der Waals surface area contributed by atoms with E-state index in [4.69, 9.17) is 4.74 Å². The Morgan fingerprint density at radius 3 is 3.09 bits per heavy atom. The van der Waals surface area contributed by atoms with Gasteiger partial charge in [0.05, 0.1) is 19.3 Å². The normalized spacial score (nSPS) is 10.8. The van der Waals surface area contributed by atoms with Crippen LogP contribution in [-0.2, 0) is 13.1 Å². The second kappa shape index (κ2) is 7.20. The fourth-order valence-corrected chi connectivity index (χ4v) is 2.94. The third-order valence-corrected chi connectivity index (χ3v) is 4.19. The van der Waals surface area contributed by atoms with Crippen LogP contribution >= 0.6 is 11.3 Å². The molecule has 0 aliphatic rings. The molecule has 0 amide bonds. The van der Waals surface area contributed by atoms with Gasteiger partial charge >= 0.3 is 0 Å². The fourth-order valence-electron chi connectivity index (χ4n) is 2.12. The molecule has 3 rings (SSSR count). The van der Waals surface area contributed by atoms with Gasteiger partial charge in [0.25, 0.3) is 0 Å². The van der Waals surface area contributed by atoms with Gasteiger partial charge in [-0.2, -0.15) is 5.10 Å². The molecule has 1 N–H and O–H groups in total. The first kappa shape index (κ1) is 14.7. The fraction of sp³-hybridized carbons (Fsp3) is 0.250. The third-order valence-electron chi connectivity index (χ3n) is 3.25.